The van der Waals surface area contributed by atoms with E-state index in [1.165, 1.54) is 56.9 Å². The number of benzene rings is 2. The van der Waals surface area contributed by atoms with Gasteiger partial charge in [0.1, 0.15) is 0 Å². The van der Waals surface area contributed by atoms with Crippen molar-refractivity contribution in [3.8, 4) is 0 Å². The average Bonchev–Trinajstić information content (AvgIpc) is 2.99. The van der Waals surface area contributed by atoms with Crippen molar-refractivity contribution in [3.63, 3.8) is 0 Å². The monoisotopic (exact) mass is 569 g/mol. The molecule has 0 spiro atoms. The van der Waals surface area contributed by atoms with E-state index >= 15 is 0 Å². The minimum absolute atomic E-state index is 0.109. The van der Waals surface area contributed by atoms with E-state index in [4.69, 9.17) is 10.5 Å². The molecule has 0 amide bonds. The third kappa shape index (κ3) is 19.5. The van der Waals surface area contributed by atoms with Crippen LogP contribution in [0, 0.1) is 5.92 Å². The first-order chi connectivity index (χ1) is 20.0. The lowest BCUT2D eigenvalue weighted by atomic mass is 9.90. The number of carbonyl (C=O) groups is 1. The number of ether oxygens (including phenoxy) is 1. The number of carboxylic acid groups (broad SMARTS) is 1. The summed E-state index contributed by atoms with van der Waals surface area (Å²) in [6.07, 6.45) is 16.4. The van der Waals surface area contributed by atoms with Crippen molar-refractivity contribution in [2.24, 2.45) is 11.7 Å². The fraction of sp³-hybridized carbons (Fsp3) is 0.639. The van der Waals surface area contributed by atoms with Gasteiger partial charge in [0.15, 0.2) is 0 Å². The van der Waals surface area contributed by atoms with Crippen LogP contribution in [0.3, 0.4) is 0 Å². The molecule has 41 heavy (non-hydrogen) atoms. The van der Waals surface area contributed by atoms with E-state index in [-0.39, 0.29) is 6.10 Å². The standard InChI is InChI=1S/C29H50O4.C7H9N/c1-3-5-7-9-10-11-12-13-17-21-26(33-24-25-19-15-14-16-20-25)23-28(30)27(29(31)32)22-18-8-6-4-2;8-6-7-4-2-1-3-5-7/h14-16,19-20,26-28,30H,3-13,17-18,21-24H2,1-2H3,(H,31,32);1-5H,6,8H2/t26-,27-,28+;/m1./s1. The highest BCUT2D eigenvalue weighted by atomic mass is 16.5. The summed E-state index contributed by atoms with van der Waals surface area (Å²) in [5.41, 5.74) is 7.65. The fourth-order valence-corrected chi connectivity index (χ4v) is 5.06. The van der Waals surface area contributed by atoms with Crippen LogP contribution < -0.4 is 5.73 Å². The zero-order valence-corrected chi connectivity index (χ0v) is 26.0. The summed E-state index contributed by atoms with van der Waals surface area (Å²) in [6.45, 7) is 5.54. The highest BCUT2D eigenvalue weighted by molar-refractivity contribution is 5.70. The zero-order valence-electron chi connectivity index (χ0n) is 26.0. The quantitative estimate of drug-likeness (QED) is 0.116. The first-order valence-electron chi connectivity index (χ1n) is 16.3. The highest BCUT2D eigenvalue weighted by Gasteiger charge is 2.28. The molecule has 0 bridgehead atoms. The van der Waals surface area contributed by atoms with Crippen molar-refractivity contribution in [1.82, 2.24) is 0 Å². The topological polar surface area (TPSA) is 92.8 Å². The summed E-state index contributed by atoms with van der Waals surface area (Å²) in [4.78, 5) is 11.8. The van der Waals surface area contributed by atoms with Gasteiger partial charge in [0.25, 0.3) is 0 Å². The number of rotatable bonds is 23. The smallest absolute Gasteiger partial charge is 0.309 e. The number of nitrogens with two attached hydrogens (primary N) is 1. The molecular weight excluding hydrogens is 510 g/mol. The number of aliphatic hydroxyl groups excluding tert-OH is 1. The number of aliphatic hydroxyl groups is 1. The van der Waals surface area contributed by atoms with Crippen LogP contribution in [0.5, 0.6) is 0 Å². The van der Waals surface area contributed by atoms with Crippen LogP contribution in [0.15, 0.2) is 60.7 Å². The Morgan fingerprint density at radius 2 is 1.17 bits per heavy atom. The van der Waals surface area contributed by atoms with Gasteiger partial charge in [-0.05, 0) is 24.0 Å². The third-order valence-corrected chi connectivity index (χ3v) is 7.69. The zero-order chi connectivity index (χ0) is 30.0. The summed E-state index contributed by atoms with van der Waals surface area (Å²) in [5.74, 6) is -1.59. The maximum atomic E-state index is 11.8. The largest absolute Gasteiger partial charge is 0.481 e. The lowest BCUT2D eigenvalue weighted by Crippen LogP contribution is -2.32. The van der Waals surface area contributed by atoms with Crippen molar-refractivity contribution in [2.75, 3.05) is 0 Å². The van der Waals surface area contributed by atoms with Gasteiger partial charge in [-0.2, -0.15) is 0 Å². The van der Waals surface area contributed by atoms with Crippen molar-refractivity contribution in [2.45, 2.75) is 142 Å². The Balaban J connectivity index is 0.000000895. The Morgan fingerprint density at radius 1 is 0.707 bits per heavy atom. The summed E-state index contributed by atoms with van der Waals surface area (Å²) < 4.78 is 6.19. The van der Waals surface area contributed by atoms with Gasteiger partial charge >= 0.3 is 5.97 Å². The molecule has 0 aromatic heterocycles. The number of hydrogen-bond acceptors (Lipinski definition) is 4. The van der Waals surface area contributed by atoms with E-state index in [9.17, 15) is 15.0 Å². The predicted molar refractivity (Wildman–Crippen MR) is 172 cm³/mol. The van der Waals surface area contributed by atoms with Gasteiger partial charge in [-0.25, -0.2) is 0 Å². The molecule has 232 valence electrons. The molecule has 0 unspecified atom stereocenters. The van der Waals surface area contributed by atoms with Crippen molar-refractivity contribution >= 4 is 5.97 Å². The Morgan fingerprint density at radius 3 is 1.66 bits per heavy atom. The Hall–Kier alpha value is -2.21. The molecule has 0 saturated carbocycles. The summed E-state index contributed by atoms with van der Waals surface area (Å²) in [5, 5.41) is 20.5. The van der Waals surface area contributed by atoms with Crippen LogP contribution in [0.4, 0.5) is 0 Å². The predicted octanol–water partition coefficient (Wildman–Crippen LogP) is 9.06. The number of carboxylic acids is 1. The first-order valence-corrected chi connectivity index (χ1v) is 16.3. The van der Waals surface area contributed by atoms with Crippen molar-refractivity contribution in [3.05, 3.63) is 71.8 Å². The molecule has 2 aromatic rings. The summed E-state index contributed by atoms with van der Waals surface area (Å²) >= 11 is 0. The molecule has 0 aliphatic heterocycles. The molecule has 0 saturated heterocycles. The van der Waals surface area contributed by atoms with Gasteiger partial charge in [0, 0.05) is 13.0 Å². The summed E-state index contributed by atoms with van der Waals surface area (Å²) in [7, 11) is 0. The van der Waals surface area contributed by atoms with E-state index in [1.54, 1.807) is 0 Å². The minimum atomic E-state index is -0.885. The van der Waals surface area contributed by atoms with Crippen LogP contribution in [-0.4, -0.2) is 28.4 Å². The third-order valence-electron chi connectivity index (χ3n) is 7.69. The second kappa shape index (κ2) is 25.5. The molecular formula is C36H59NO4. The molecule has 4 N–H and O–H groups in total. The van der Waals surface area contributed by atoms with E-state index in [1.807, 2.05) is 60.7 Å². The molecule has 0 radical (unpaired) electrons. The SMILES string of the molecule is CCCCCCCCCCC[C@H](C[C@H](O)[C@@H](CCCCCC)C(=O)O)OCc1ccccc1.NCc1ccccc1. The van der Waals surface area contributed by atoms with Crippen LogP contribution in [-0.2, 0) is 22.7 Å². The number of hydrogen-bond donors (Lipinski definition) is 3. The molecule has 0 aliphatic carbocycles. The fourth-order valence-electron chi connectivity index (χ4n) is 5.06. The van der Waals surface area contributed by atoms with Gasteiger partial charge in [-0.1, -0.05) is 158 Å². The highest BCUT2D eigenvalue weighted by Crippen LogP contribution is 2.23. The molecule has 0 aliphatic rings. The maximum absolute atomic E-state index is 11.8. The van der Waals surface area contributed by atoms with E-state index in [0.717, 1.165) is 44.1 Å². The average molecular weight is 570 g/mol. The van der Waals surface area contributed by atoms with Crippen LogP contribution in [0.25, 0.3) is 0 Å². The molecule has 0 fully saturated rings. The first kappa shape index (κ1) is 36.8. The van der Waals surface area contributed by atoms with Crippen LogP contribution >= 0.6 is 0 Å². The molecule has 5 heteroatoms. The second-order valence-electron chi connectivity index (χ2n) is 11.3. The van der Waals surface area contributed by atoms with Crippen LogP contribution in [0.2, 0.25) is 0 Å². The van der Waals surface area contributed by atoms with Gasteiger partial charge in [-0.3, -0.25) is 4.79 Å². The number of unbranched alkanes of at least 4 members (excludes halogenated alkanes) is 11. The molecule has 3 atom stereocenters. The minimum Gasteiger partial charge on any atom is -0.481 e. The van der Waals surface area contributed by atoms with E-state index in [0.29, 0.717) is 26.0 Å². The van der Waals surface area contributed by atoms with E-state index in [2.05, 4.69) is 13.8 Å². The van der Waals surface area contributed by atoms with E-state index < -0.39 is 18.0 Å². The van der Waals surface area contributed by atoms with Crippen molar-refractivity contribution < 1.29 is 19.7 Å². The number of aliphatic carboxylic acids is 1. The normalized spacial score (nSPS) is 13.2. The maximum Gasteiger partial charge on any atom is 0.309 e. The van der Waals surface area contributed by atoms with Gasteiger partial charge < -0.3 is 20.7 Å². The Labute approximate surface area is 250 Å². The molecule has 2 aromatic carbocycles. The molecule has 5 nitrogen and oxygen atoms in total. The van der Waals surface area contributed by atoms with Crippen LogP contribution in [0.1, 0.15) is 128 Å². The summed E-state index contributed by atoms with van der Waals surface area (Å²) in [6, 6.07) is 20.1. The lowest BCUT2D eigenvalue weighted by molar-refractivity contribution is -0.147. The Kier molecular flexibility index (Phi) is 22.9. The Bertz CT molecular complexity index is 845. The molecule has 0 heterocycles. The van der Waals surface area contributed by atoms with Crippen molar-refractivity contribution in [1.29, 1.82) is 0 Å². The molecule has 2 rings (SSSR count). The van der Waals surface area contributed by atoms with Gasteiger partial charge in [0.2, 0.25) is 0 Å². The second-order valence-corrected chi connectivity index (χ2v) is 11.3. The van der Waals surface area contributed by atoms with Gasteiger partial charge in [-0.15, -0.1) is 0 Å². The van der Waals surface area contributed by atoms with Gasteiger partial charge in [0.05, 0.1) is 24.7 Å². The lowest BCUT2D eigenvalue weighted by Gasteiger charge is -2.25.